The lowest BCUT2D eigenvalue weighted by Crippen LogP contribution is -2.06. The van der Waals surface area contributed by atoms with Gasteiger partial charge in [0.25, 0.3) is 0 Å². The molecule has 0 fully saturated rings. The third kappa shape index (κ3) is 2.99. The maximum Gasteiger partial charge on any atom is 0.121 e. The molecule has 0 saturated heterocycles. The second kappa shape index (κ2) is 6.03. The summed E-state index contributed by atoms with van der Waals surface area (Å²) in [5.41, 5.74) is 1.42. The molecule has 0 spiro atoms. The Balaban J connectivity index is 2.01. The summed E-state index contributed by atoms with van der Waals surface area (Å²) < 4.78 is 5.15. The number of methoxy groups -OCH3 is 1. The van der Waals surface area contributed by atoms with E-state index in [0.717, 1.165) is 29.4 Å². The number of rotatable bonds is 5. The summed E-state index contributed by atoms with van der Waals surface area (Å²) in [6, 6.07) is 7.53. The van der Waals surface area contributed by atoms with Crippen LogP contribution in [0.2, 0.25) is 0 Å². The van der Waals surface area contributed by atoms with E-state index >= 15 is 0 Å². The maximum atomic E-state index is 9.02. The van der Waals surface area contributed by atoms with E-state index < -0.39 is 0 Å². The average Bonchev–Trinajstić information content (AvgIpc) is 2.92. The molecule has 5 heteroatoms. The Kier molecular flexibility index (Phi) is 4.15. The van der Waals surface area contributed by atoms with Gasteiger partial charge in [-0.05, 0) is 12.1 Å². The number of aromatic nitrogens is 1. The number of hydrogen-bond donors (Lipinski definition) is 1. The van der Waals surface area contributed by atoms with Gasteiger partial charge in [-0.25, -0.2) is 4.98 Å². The second-order valence-electron chi connectivity index (χ2n) is 3.63. The van der Waals surface area contributed by atoms with Crippen molar-refractivity contribution in [3.05, 3.63) is 40.3 Å². The minimum absolute atomic E-state index is 0.620. The van der Waals surface area contributed by atoms with Gasteiger partial charge in [0.05, 0.1) is 23.4 Å². The quantitative estimate of drug-likeness (QED) is 0.897. The fourth-order valence-electron chi connectivity index (χ4n) is 1.57. The molecule has 0 saturated carbocycles. The normalized spacial score (nSPS) is 9.78. The van der Waals surface area contributed by atoms with E-state index in [1.807, 2.05) is 11.4 Å². The fourth-order valence-corrected chi connectivity index (χ4v) is 2.20. The summed E-state index contributed by atoms with van der Waals surface area (Å²) >= 11 is 1.63. The molecule has 0 amide bonds. The number of nitrogens with one attached hydrogen (secondary N) is 1. The summed E-state index contributed by atoms with van der Waals surface area (Å²) in [6.07, 6.45) is 2.64. The smallest absolute Gasteiger partial charge is 0.121 e. The Morgan fingerprint density at radius 1 is 1.50 bits per heavy atom. The molecule has 2 aromatic rings. The zero-order valence-electron chi connectivity index (χ0n) is 10.0. The predicted octanol–water partition coefficient (Wildman–Crippen LogP) is 2.68. The van der Waals surface area contributed by atoms with Gasteiger partial charge in [0.2, 0.25) is 0 Å². The molecule has 4 nitrogen and oxygen atoms in total. The van der Waals surface area contributed by atoms with Gasteiger partial charge in [0, 0.05) is 30.6 Å². The molecular formula is C13H13N3OS. The third-order valence-corrected chi connectivity index (χ3v) is 3.32. The van der Waals surface area contributed by atoms with Crippen molar-refractivity contribution < 1.29 is 4.74 Å². The van der Waals surface area contributed by atoms with Gasteiger partial charge in [0.15, 0.2) is 0 Å². The number of nitriles is 1. The van der Waals surface area contributed by atoms with Crippen LogP contribution < -0.4 is 10.1 Å². The van der Waals surface area contributed by atoms with Crippen molar-refractivity contribution in [2.24, 2.45) is 0 Å². The van der Waals surface area contributed by atoms with Crippen LogP contribution in [0.3, 0.4) is 0 Å². The zero-order valence-corrected chi connectivity index (χ0v) is 10.8. The molecule has 0 aliphatic rings. The highest BCUT2D eigenvalue weighted by atomic mass is 32.1. The topological polar surface area (TPSA) is 57.9 Å². The molecule has 0 radical (unpaired) electrons. The Morgan fingerprint density at radius 2 is 2.39 bits per heavy atom. The molecule has 18 heavy (non-hydrogen) atoms. The lowest BCUT2D eigenvalue weighted by Gasteiger charge is -2.09. The minimum Gasteiger partial charge on any atom is -0.497 e. The Labute approximate surface area is 110 Å². The summed E-state index contributed by atoms with van der Waals surface area (Å²) in [5.74, 6) is 0.741. The van der Waals surface area contributed by atoms with Crippen LogP contribution in [-0.4, -0.2) is 18.6 Å². The average molecular weight is 259 g/mol. The van der Waals surface area contributed by atoms with Crippen LogP contribution in [0, 0.1) is 11.3 Å². The molecule has 0 bridgehead atoms. The molecular weight excluding hydrogens is 246 g/mol. The van der Waals surface area contributed by atoms with Crippen molar-refractivity contribution in [1.82, 2.24) is 4.98 Å². The van der Waals surface area contributed by atoms with Crippen molar-refractivity contribution in [3.63, 3.8) is 0 Å². The number of ether oxygens (including phenoxy) is 1. The molecule has 1 aromatic heterocycles. The van der Waals surface area contributed by atoms with E-state index in [2.05, 4.69) is 16.4 Å². The van der Waals surface area contributed by atoms with Crippen molar-refractivity contribution in [3.8, 4) is 11.8 Å². The van der Waals surface area contributed by atoms with Gasteiger partial charge < -0.3 is 10.1 Å². The van der Waals surface area contributed by atoms with Crippen LogP contribution in [0.1, 0.15) is 10.6 Å². The largest absolute Gasteiger partial charge is 0.497 e. The summed E-state index contributed by atoms with van der Waals surface area (Å²) in [6.45, 7) is 0.745. The van der Waals surface area contributed by atoms with Crippen molar-refractivity contribution >= 4 is 17.0 Å². The fraction of sp³-hybridized carbons (Fsp3) is 0.231. The molecule has 1 aromatic carbocycles. The minimum atomic E-state index is 0.620. The van der Waals surface area contributed by atoms with E-state index in [0.29, 0.717) is 5.56 Å². The first-order valence-electron chi connectivity index (χ1n) is 5.54. The van der Waals surface area contributed by atoms with Gasteiger partial charge >= 0.3 is 0 Å². The van der Waals surface area contributed by atoms with Gasteiger partial charge in [-0.3, -0.25) is 0 Å². The third-order valence-electron chi connectivity index (χ3n) is 2.48. The molecule has 0 unspecified atom stereocenters. The monoisotopic (exact) mass is 259 g/mol. The number of thiazole rings is 1. The number of benzene rings is 1. The van der Waals surface area contributed by atoms with Crippen LogP contribution in [0.25, 0.3) is 0 Å². The van der Waals surface area contributed by atoms with Crippen LogP contribution >= 0.6 is 11.3 Å². The summed E-state index contributed by atoms with van der Waals surface area (Å²) in [7, 11) is 1.61. The lowest BCUT2D eigenvalue weighted by molar-refractivity contribution is 0.415. The maximum absolute atomic E-state index is 9.02. The molecule has 0 aliphatic heterocycles. The van der Waals surface area contributed by atoms with E-state index in [1.165, 1.54) is 0 Å². The molecule has 1 N–H and O–H groups in total. The molecule has 2 rings (SSSR count). The highest BCUT2D eigenvalue weighted by Crippen LogP contribution is 2.21. The first-order chi connectivity index (χ1) is 8.83. The standard InChI is InChI=1S/C13H13N3OS/c1-17-11-3-2-10(9-14)12(8-11)15-5-4-13-16-6-7-18-13/h2-3,6-8,15H,4-5H2,1H3. The van der Waals surface area contributed by atoms with Gasteiger partial charge in [-0.1, -0.05) is 0 Å². The van der Waals surface area contributed by atoms with Crippen molar-refractivity contribution in [2.45, 2.75) is 6.42 Å². The summed E-state index contributed by atoms with van der Waals surface area (Å²) in [5, 5.41) is 15.3. The highest BCUT2D eigenvalue weighted by molar-refractivity contribution is 7.09. The first kappa shape index (κ1) is 12.4. The van der Waals surface area contributed by atoms with Crippen LogP contribution in [0.15, 0.2) is 29.8 Å². The second-order valence-corrected chi connectivity index (χ2v) is 4.61. The van der Waals surface area contributed by atoms with Crippen LogP contribution in [-0.2, 0) is 6.42 Å². The van der Waals surface area contributed by atoms with Crippen molar-refractivity contribution in [1.29, 1.82) is 5.26 Å². The van der Waals surface area contributed by atoms with E-state index in [4.69, 9.17) is 10.00 Å². The van der Waals surface area contributed by atoms with E-state index in [-0.39, 0.29) is 0 Å². The lowest BCUT2D eigenvalue weighted by atomic mass is 10.2. The van der Waals surface area contributed by atoms with E-state index in [1.54, 1.807) is 36.8 Å². The Morgan fingerprint density at radius 3 is 3.06 bits per heavy atom. The van der Waals surface area contributed by atoms with Gasteiger partial charge in [-0.15, -0.1) is 11.3 Å². The molecule has 1 heterocycles. The van der Waals surface area contributed by atoms with Crippen molar-refractivity contribution in [2.75, 3.05) is 19.0 Å². The predicted molar refractivity (Wildman–Crippen MR) is 72.0 cm³/mol. The van der Waals surface area contributed by atoms with E-state index in [9.17, 15) is 0 Å². The first-order valence-corrected chi connectivity index (χ1v) is 6.42. The van der Waals surface area contributed by atoms with Crippen LogP contribution in [0.4, 0.5) is 5.69 Å². The molecule has 0 aliphatic carbocycles. The highest BCUT2D eigenvalue weighted by Gasteiger charge is 2.04. The number of hydrogen-bond acceptors (Lipinski definition) is 5. The SMILES string of the molecule is COc1ccc(C#N)c(NCCc2nccs2)c1. The Bertz CT molecular complexity index is 546. The van der Waals surface area contributed by atoms with Gasteiger partial charge in [0.1, 0.15) is 11.8 Å². The zero-order chi connectivity index (χ0) is 12.8. The summed E-state index contributed by atoms with van der Waals surface area (Å²) in [4.78, 5) is 4.21. The Hall–Kier alpha value is -2.06. The van der Waals surface area contributed by atoms with Gasteiger partial charge in [-0.2, -0.15) is 5.26 Å². The molecule has 92 valence electrons. The molecule has 0 atom stereocenters. The number of nitrogens with zero attached hydrogens (tertiary/aromatic N) is 2. The van der Waals surface area contributed by atoms with Crippen LogP contribution in [0.5, 0.6) is 5.75 Å². The number of anilines is 1.